The van der Waals surface area contributed by atoms with Crippen LogP contribution < -0.4 is 5.11 Å². The van der Waals surface area contributed by atoms with Crippen LogP contribution in [0.1, 0.15) is 5.56 Å². The van der Waals surface area contributed by atoms with Gasteiger partial charge >= 0.3 is 5.97 Å². The van der Waals surface area contributed by atoms with Crippen molar-refractivity contribution in [1.29, 1.82) is 0 Å². The first kappa shape index (κ1) is 13.9. The van der Waals surface area contributed by atoms with Crippen LogP contribution in [0.4, 0.5) is 0 Å². The van der Waals surface area contributed by atoms with E-state index < -0.39 is 32.5 Å². The second-order valence-corrected chi connectivity index (χ2v) is 4.54. The lowest BCUT2D eigenvalue weighted by Gasteiger charge is -2.13. The van der Waals surface area contributed by atoms with Crippen LogP contribution in [0.25, 0.3) is 6.08 Å². The Kier molecular flexibility index (Phi) is 3.84. The molecule has 0 atom stereocenters. The van der Waals surface area contributed by atoms with Gasteiger partial charge in [-0.2, -0.15) is 0 Å². The van der Waals surface area contributed by atoms with E-state index in [0.29, 0.717) is 6.08 Å². The van der Waals surface area contributed by atoms with E-state index in [0.717, 1.165) is 24.3 Å². The Morgan fingerprint density at radius 2 is 1.89 bits per heavy atom. The predicted molar refractivity (Wildman–Crippen MR) is 55.5 cm³/mol. The Morgan fingerprint density at radius 1 is 1.28 bits per heavy atom. The van der Waals surface area contributed by atoms with Crippen LogP contribution in [0.2, 0.25) is 0 Å². The van der Waals surface area contributed by atoms with Crippen molar-refractivity contribution >= 4 is 27.9 Å². The van der Waals surface area contributed by atoms with Crippen molar-refractivity contribution in [2.45, 2.75) is 4.90 Å². The molecule has 0 aromatic heterocycles. The third kappa shape index (κ3) is 3.40. The minimum absolute atomic E-state index is 0.262. The molecule has 0 fully saturated rings. The minimum atomic E-state index is -4.72. The number of carbonyl (C=O) groups excluding carboxylic acids is 1. The molecule has 0 saturated carbocycles. The summed E-state index contributed by atoms with van der Waals surface area (Å²) in [4.78, 5) is 20.3. The quantitative estimate of drug-likeness (QED) is 0.435. The lowest BCUT2D eigenvalue weighted by molar-refractivity contribution is -0.268. The number of benzene rings is 1. The van der Waals surface area contributed by atoms with E-state index in [-0.39, 0.29) is 5.56 Å². The number of carboxylic acids is 1. The molecule has 1 aromatic rings. The molecule has 96 valence electrons. The zero-order chi connectivity index (χ0) is 13.9. The Balaban J connectivity index is 3.18. The van der Waals surface area contributed by atoms with Crippen LogP contribution in [0.15, 0.2) is 29.2 Å². The molecule has 18 heavy (non-hydrogen) atoms. The molecular formula is C10H6O7S-2. The van der Waals surface area contributed by atoms with Gasteiger partial charge in [-0.05, 0) is 23.8 Å². The normalized spacial score (nSPS) is 11.6. The van der Waals surface area contributed by atoms with Crippen molar-refractivity contribution < 1.29 is 32.8 Å². The van der Waals surface area contributed by atoms with Gasteiger partial charge in [0.25, 0.3) is 5.78 Å². The van der Waals surface area contributed by atoms with Gasteiger partial charge in [0.1, 0.15) is 10.1 Å². The van der Waals surface area contributed by atoms with Crippen molar-refractivity contribution in [2.24, 2.45) is 0 Å². The molecule has 0 radical (unpaired) electrons. The van der Waals surface area contributed by atoms with Gasteiger partial charge in [-0.25, -0.2) is 13.2 Å². The molecule has 0 amide bonds. The van der Waals surface area contributed by atoms with Crippen molar-refractivity contribution in [1.82, 2.24) is 0 Å². The van der Waals surface area contributed by atoms with Gasteiger partial charge in [0.2, 0.25) is 0 Å². The summed E-state index contributed by atoms with van der Waals surface area (Å²) in [6.07, 6.45) is 1.44. The van der Waals surface area contributed by atoms with E-state index in [1.54, 1.807) is 0 Å². The average Bonchev–Trinajstić information content (AvgIpc) is 2.25. The van der Waals surface area contributed by atoms with Gasteiger partial charge in [-0.15, -0.1) is 5.75 Å². The highest BCUT2D eigenvalue weighted by Gasteiger charge is 2.06. The maximum Gasteiger partial charge on any atom is 0.376 e. The van der Waals surface area contributed by atoms with Gasteiger partial charge < -0.3 is 14.8 Å². The number of hydrogen-bond acceptors (Lipinski definition) is 6. The SMILES string of the molecule is O=C(O)C(=O)/C=C\c1cc(S(=O)(=O)[O-])ccc1[O-]. The van der Waals surface area contributed by atoms with Crippen molar-refractivity contribution in [3.05, 3.63) is 29.8 Å². The standard InChI is InChI=1S/C10H8O7S/c11-8-4-2-7(18(15,16)17)5-6(8)1-3-9(12)10(13)14/h1-5,11H,(H,13,14)(H,15,16,17)/p-2/b3-1-. The number of ketones is 1. The first-order valence-electron chi connectivity index (χ1n) is 4.44. The zero-order valence-corrected chi connectivity index (χ0v) is 9.51. The molecule has 1 N–H and O–H groups in total. The van der Waals surface area contributed by atoms with Gasteiger partial charge in [-0.3, -0.25) is 4.79 Å². The van der Waals surface area contributed by atoms with E-state index in [2.05, 4.69) is 0 Å². The molecule has 1 aromatic carbocycles. The summed E-state index contributed by atoms with van der Waals surface area (Å²) in [5.74, 6) is -3.63. The first-order chi connectivity index (χ1) is 8.21. The van der Waals surface area contributed by atoms with E-state index in [1.807, 2.05) is 0 Å². The van der Waals surface area contributed by atoms with Gasteiger partial charge in [-0.1, -0.05) is 12.1 Å². The Morgan fingerprint density at radius 3 is 2.39 bits per heavy atom. The van der Waals surface area contributed by atoms with E-state index in [1.165, 1.54) is 0 Å². The fraction of sp³-hybridized carbons (Fsp3) is 0. The van der Waals surface area contributed by atoms with E-state index >= 15 is 0 Å². The molecule has 8 heteroatoms. The fourth-order valence-electron chi connectivity index (χ4n) is 1.05. The maximum absolute atomic E-state index is 11.3. The van der Waals surface area contributed by atoms with E-state index in [4.69, 9.17) is 5.11 Å². The third-order valence-corrected chi connectivity index (χ3v) is 2.73. The van der Waals surface area contributed by atoms with Gasteiger partial charge in [0.15, 0.2) is 0 Å². The first-order valence-corrected chi connectivity index (χ1v) is 5.85. The molecule has 0 saturated heterocycles. The Labute approximate surface area is 102 Å². The molecular weight excluding hydrogens is 264 g/mol. The lowest BCUT2D eigenvalue weighted by atomic mass is 10.1. The lowest BCUT2D eigenvalue weighted by Crippen LogP contribution is -2.08. The number of rotatable bonds is 4. The van der Waals surface area contributed by atoms with Crippen molar-refractivity contribution in [2.75, 3.05) is 0 Å². The van der Waals surface area contributed by atoms with Crippen LogP contribution in [0.3, 0.4) is 0 Å². The van der Waals surface area contributed by atoms with Gasteiger partial charge in [0.05, 0.1) is 4.90 Å². The smallest absolute Gasteiger partial charge is 0.376 e. The minimum Gasteiger partial charge on any atom is -0.872 e. The summed E-state index contributed by atoms with van der Waals surface area (Å²) in [5, 5.41) is 19.6. The van der Waals surface area contributed by atoms with Crippen molar-refractivity contribution in [3.63, 3.8) is 0 Å². The van der Waals surface area contributed by atoms with E-state index in [9.17, 15) is 27.7 Å². The summed E-state index contributed by atoms with van der Waals surface area (Å²) in [6, 6.07) is 2.45. The van der Waals surface area contributed by atoms with Crippen molar-refractivity contribution in [3.8, 4) is 5.75 Å². The summed E-state index contributed by atoms with van der Waals surface area (Å²) in [7, 11) is -4.72. The topological polar surface area (TPSA) is 135 Å². The monoisotopic (exact) mass is 270 g/mol. The number of aliphatic carboxylic acids is 1. The highest BCUT2D eigenvalue weighted by atomic mass is 32.2. The molecule has 0 unspecified atom stereocenters. The molecule has 1 rings (SSSR count). The zero-order valence-electron chi connectivity index (χ0n) is 8.69. The number of hydrogen-bond donors (Lipinski definition) is 1. The number of carbonyl (C=O) groups is 2. The van der Waals surface area contributed by atoms with Crippen LogP contribution in [0.5, 0.6) is 5.75 Å². The molecule has 0 aliphatic carbocycles. The second kappa shape index (κ2) is 4.98. The molecule has 0 aliphatic rings. The average molecular weight is 270 g/mol. The Bertz CT molecular complexity index is 628. The van der Waals surface area contributed by atoms with Crippen LogP contribution in [-0.2, 0) is 19.7 Å². The predicted octanol–water partition coefficient (Wildman–Crippen LogP) is -0.669. The highest BCUT2D eigenvalue weighted by molar-refractivity contribution is 7.85. The highest BCUT2D eigenvalue weighted by Crippen LogP contribution is 2.20. The molecule has 7 nitrogen and oxygen atoms in total. The van der Waals surface area contributed by atoms with Gasteiger partial charge in [0, 0.05) is 0 Å². The van der Waals surface area contributed by atoms with Crippen LogP contribution >= 0.6 is 0 Å². The molecule has 0 aliphatic heterocycles. The summed E-state index contributed by atoms with van der Waals surface area (Å²) < 4.78 is 32.1. The number of carboxylic acid groups (broad SMARTS) is 1. The fourth-order valence-corrected chi connectivity index (χ4v) is 1.56. The summed E-state index contributed by atoms with van der Waals surface area (Å²) in [6.45, 7) is 0. The Hall–Kier alpha value is -2.19. The third-order valence-electron chi connectivity index (χ3n) is 1.89. The summed E-state index contributed by atoms with van der Waals surface area (Å²) >= 11 is 0. The molecule has 0 bridgehead atoms. The summed E-state index contributed by atoms with van der Waals surface area (Å²) in [5.41, 5.74) is -0.262. The maximum atomic E-state index is 11.3. The molecule has 0 spiro atoms. The van der Waals surface area contributed by atoms with Crippen LogP contribution in [0, 0.1) is 0 Å². The second-order valence-electron chi connectivity index (χ2n) is 3.16. The largest absolute Gasteiger partial charge is 0.872 e. The molecule has 0 heterocycles. The van der Waals surface area contributed by atoms with Crippen LogP contribution in [-0.4, -0.2) is 29.8 Å².